The lowest BCUT2D eigenvalue weighted by Crippen LogP contribution is -2.18. The summed E-state index contributed by atoms with van der Waals surface area (Å²) in [5.74, 6) is -0.853. The molecule has 0 amide bonds. The molecule has 1 atom stereocenters. The highest BCUT2D eigenvalue weighted by molar-refractivity contribution is 5.29. The molecule has 1 N–H and O–H groups in total. The molecule has 1 nitrogen and oxygen atoms in total. The van der Waals surface area contributed by atoms with Crippen molar-refractivity contribution in [3.8, 4) is 0 Å². The fourth-order valence-corrected chi connectivity index (χ4v) is 2.54. The average Bonchev–Trinajstić information content (AvgIpc) is 3.32. The lowest BCUT2D eigenvalue weighted by atomic mass is 10.1. The zero-order valence-electron chi connectivity index (χ0n) is 12.1. The Bertz CT molecular complexity index is 635. The van der Waals surface area contributed by atoms with Gasteiger partial charge in [0.2, 0.25) is 0 Å². The predicted octanol–water partition coefficient (Wildman–Crippen LogP) is 4.69. The molecule has 0 bridgehead atoms. The normalized spacial score (nSPS) is 16.0. The van der Waals surface area contributed by atoms with E-state index in [1.165, 1.54) is 36.1 Å². The van der Waals surface area contributed by atoms with Crippen LogP contribution in [0.3, 0.4) is 0 Å². The summed E-state index contributed by atoms with van der Waals surface area (Å²) in [5, 5.41) is 3.36. The lowest BCUT2D eigenvalue weighted by Gasteiger charge is -2.15. The Morgan fingerprint density at radius 3 is 2.62 bits per heavy atom. The number of benzene rings is 2. The molecule has 110 valence electrons. The molecule has 1 saturated carbocycles. The van der Waals surface area contributed by atoms with Crippen LogP contribution in [0.25, 0.3) is 0 Å². The number of hydrogen-bond donors (Lipinski definition) is 1. The molecule has 1 aliphatic rings. The van der Waals surface area contributed by atoms with Crippen LogP contribution in [0.15, 0.2) is 42.5 Å². The Hall–Kier alpha value is -1.74. The second kappa shape index (κ2) is 5.94. The van der Waals surface area contributed by atoms with Crippen LogP contribution < -0.4 is 5.32 Å². The van der Waals surface area contributed by atoms with Crippen molar-refractivity contribution in [2.24, 2.45) is 0 Å². The van der Waals surface area contributed by atoms with Crippen LogP contribution in [-0.4, -0.2) is 0 Å². The fraction of sp³-hybridized carbons (Fsp3) is 0.333. The van der Waals surface area contributed by atoms with E-state index in [0.29, 0.717) is 0 Å². The molecular formula is C18H19F2N. The van der Waals surface area contributed by atoms with E-state index in [4.69, 9.17) is 0 Å². The van der Waals surface area contributed by atoms with E-state index in [1.807, 2.05) is 6.92 Å². The number of nitrogens with one attached hydrogen (secondary N) is 1. The van der Waals surface area contributed by atoms with Gasteiger partial charge in [0, 0.05) is 12.6 Å². The summed E-state index contributed by atoms with van der Waals surface area (Å²) in [6, 6.07) is 12.6. The molecule has 1 fully saturated rings. The molecule has 0 heterocycles. The standard InChI is InChI=1S/C18H19F2N/c1-12(15-7-8-17(19)18(20)10-15)21-11-13-3-2-4-16(9-13)14-5-6-14/h2-4,7-10,12,14,21H,5-6,11H2,1H3. The van der Waals surface area contributed by atoms with Gasteiger partial charge in [-0.05, 0) is 54.5 Å². The molecule has 0 radical (unpaired) electrons. The Labute approximate surface area is 124 Å². The minimum absolute atomic E-state index is 0.0234. The maximum absolute atomic E-state index is 13.2. The minimum Gasteiger partial charge on any atom is -0.306 e. The van der Waals surface area contributed by atoms with E-state index in [1.54, 1.807) is 6.07 Å². The Balaban J connectivity index is 1.63. The minimum atomic E-state index is -0.803. The first-order chi connectivity index (χ1) is 10.1. The van der Waals surface area contributed by atoms with Crippen molar-refractivity contribution in [2.45, 2.75) is 38.3 Å². The Morgan fingerprint density at radius 1 is 1.10 bits per heavy atom. The molecule has 1 unspecified atom stereocenters. The summed E-state index contributed by atoms with van der Waals surface area (Å²) in [4.78, 5) is 0. The summed E-state index contributed by atoms with van der Waals surface area (Å²) in [6.45, 7) is 2.68. The highest BCUT2D eigenvalue weighted by Crippen LogP contribution is 2.40. The van der Waals surface area contributed by atoms with Crippen LogP contribution >= 0.6 is 0 Å². The average molecular weight is 287 g/mol. The van der Waals surface area contributed by atoms with E-state index < -0.39 is 11.6 Å². The molecule has 0 aliphatic heterocycles. The van der Waals surface area contributed by atoms with E-state index in [0.717, 1.165) is 18.0 Å². The van der Waals surface area contributed by atoms with Crippen molar-refractivity contribution in [2.75, 3.05) is 0 Å². The lowest BCUT2D eigenvalue weighted by molar-refractivity contribution is 0.500. The summed E-state index contributed by atoms with van der Waals surface area (Å²) < 4.78 is 26.2. The van der Waals surface area contributed by atoms with Crippen molar-refractivity contribution >= 4 is 0 Å². The highest BCUT2D eigenvalue weighted by atomic mass is 19.2. The van der Waals surface area contributed by atoms with Gasteiger partial charge < -0.3 is 5.32 Å². The third-order valence-electron chi connectivity index (χ3n) is 4.06. The number of halogens is 2. The summed E-state index contributed by atoms with van der Waals surface area (Å²) in [7, 11) is 0. The molecule has 0 aromatic heterocycles. The third kappa shape index (κ3) is 3.48. The van der Waals surface area contributed by atoms with Crippen LogP contribution in [0.2, 0.25) is 0 Å². The van der Waals surface area contributed by atoms with E-state index in [2.05, 4.69) is 29.6 Å². The second-order valence-corrected chi connectivity index (χ2v) is 5.80. The van der Waals surface area contributed by atoms with Gasteiger partial charge >= 0.3 is 0 Å². The summed E-state index contributed by atoms with van der Waals surface area (Å²) in [6.07, 6.45) is 2.59. The van der Waals surface area contributed by atoms with Gasteiger partial charge in [-0.2, -0.15) is 0 Å². The molecule has 0 saturated heterocycles. The maximum Gasteiger partial charge on any atom is 0.159 e. The van der Waals surface area contributed by atoms with Crippen LogP contribution in [0.5, 0.6) is 0 Å². The van der Waals surface area contributed by atoms with Gasteiger partial charge in [0.05, 0.1) is 0 Å². The van der Waals surface area contributed by atoms with Crippen molar-refractivity contribution in [3.63, 3.8) is 0 Å². The monoisotopic (exact) mass is 287 g/mol. The van der Waals surface area contributed by atoms with Gasteiger partial charge in [-0.25, -0.2) is 8.78 Å². The van der Waals surface area contributed by atoms with E-state index in [-0.39, 0.29) is 6.04 Å². The van der Waals surface area contributed by atoms with Crippen molar-refractivity contribution in [1.82, 2.24) is 5.32 Å². The zero-order chi connectivity index (χ0) is 14.8. The summed E-state index contributed by atoms with van der Waals surface area (Å²) >= 11 is 0. The first-order valence-corrected chi connectivity index (χ1v) is 7.40. The maximum atomic E-state index is 13.2. The molecular weight excluding hydrogens is 268 g/mol. The van der Waals surface area contributed by atoms with Crippen LogP contribution in [0, 0.1) is 11.6 Å². The molecule has 3 heteroatoms. The van der Waals surface area contributed by atoms with Crippen molar-refractivity contribution in [1.29, 1.82) is 0 Å². The van der Waals surface area contributed by atoms with Gasteiger partial charge in [0.25, 0.3) is 0 Å². The van der Waals surface area contributed by atoms with Gasteiger partial charge in [0.15, 0.2) is 11.6 Å². The van der Waals surface area contributed by atoms with Gasteiger partial charge in [0.1, 0.15) is 0 Å². The quantitative estimate of drug-likeness (QED) is 0.841. The molecule has 2 aromatic rings. The fourth-order valence-electron chi connectivity index (χ4n) is 2.54. The van der Waals surface area contributed by atoms with Gasteiger partial charge in [-0.3, -0.25) is 0 Å². The first kappa shape index (κ1) is 14.2. The molecule has 1 aliphatic carbocycles. The van der Waals surface area contributed by atoms with Crippen LogP contribution in [0.4, 0.5) is 8.78 Å². The van der Waals surface area contributed by atoms with Crippen LogP contribution in [0.1, 0.15) is 48.4 Å². The predicted molar refractivity (Wildman–Crippen MR) is 80.0 cm³/mol. The molecule has 21 heavy (non-hydrogen) atoms. The van der Waals surface area contributed by atoms with Gasteiger partial charge in [-0.15, -0.1) is 0 Å². The molecule has 0 spiro atoms. The Kier molecular flexibility index (Phi) is 4.02. The van der Waals surface area contributed by atoms with Crippen molar-refractivity contribution in [3.05, 3.63) is 70.8 Å². The van der Waals surface area contributed by atoms with Crippen molar-refractivity contribution < 1.29 is 8.78 Å². The first-order valence-electron chi connectivity index (χ1n) is 7.40. The zero-order valence-corrected chi connectivity index (χ0v) is 12.1. The summed E-state index contributed by atoms with van der Waals surface area (Å²) in [5.41, 5.74) is 3.40. The SMILES string of the molecule is CC(NCc1cccc(C2CC2)c1)c1ccc(F)c(F)c1. The van der Waals surface area contributed by atoms with Crippen LogP contribution in [-0.2, 0) is 6.54 Å². The van der Waals surface area contributed by atoms with E-state index in [9.17, 15) is 8.78 Å². The number of rotatable bonds is 5. The number of hydrogen-bond acceptors (Lipinski definition) is 1. The second-order valence-electron chi connectivity index (χ2n) is 5.80. The molecule has 3 rings (SSSR count). The molecule has 2 aromatic carbocycles. The van der Waals surface area contributed by atoms with Gasteiger partial charge in [-0.1, -0.05) is 30.3 Å². The Morgan fingerprint density at radius 2 is 1.90 bits per heavy atom. The topological polar surface area (TPSA) is 12.0 Å². The smallest absolute Gasteiger partial charge is 0.159 e. The van der Waals surface area contributed by atoms with E-state index >= 15 is 0 Å². The largest absolute Gasteiger partial charge is 0.306 e. The highest BCUT2D eigenvalue weighted by Gasteiger charge is 2.23. The third-order valence-corrected chi connectivity index (χ3v) is 4.06.